The number of hydrogen-bond donors (Lipinski definition) is 1. The van der Waals surface area contributed by atoms with Gasteiger partial charge >= 0.3 is 0 Å². The van der Waals surface area contributed by atoms with E-state index in [1.54, 1.807) is 19.2 Å². The van der Waals surface area contributed by atoms with Crippen molar-refractivity contribution in [1.82, 2.24) is 14.8 Å². The standard InChI is InChI=1S/C19H19FN4O2S/c1-3-24-18(13-8-10-14(26-2)11-9-13)22-23-19(24)27-12-17(25)21-16-7-5-4-6-15(16)20/h4-11H,3,12H2,1-2H3,(H,21,25). The van der Waals surface area contributed by atoms with E-state index in [1.807, 2.05) is 35.8 Å². The number of hydrogen-bond acceptors (Lipinski definition) is 5. The first kappa shape index (κ1) is 18.9. The number of anilines is 1. The van der Waals surface area contributed by atoms with Gasteiger partial charge in [0.1, 0.15) is 11.6 Å². The Bertz CT molecular complexity index is 928. The van der Waals surface area contributed by atoms with Gasteiger partial charge < -0.3 is 14.6 Å². The van der Waals surface area contributed by atoms with Crippen LogP contribution in [0.1, 0.15) is 6.92 Å². The van der Waals surface area contributed by atoms with E-state index in [0.717, 1.165) is 17.1 Å². The van der Waals surface area contributed by atoms with Gasteiger partial charge in [-0.3, -0.25) is 4.79 Å². The number of nitrogens with zero attached hydrogens (tertiary/aromatic N) is 3. The number of amides is 1. The van der Waals surface area contributed by atoms with Gasteiger partial charge in [-0.25, -0.2) is 4.39 Å². The van der Waals surface area contributed by atoms with Crippen LogP contribution in [0.15, 0.2) is 53.7 Å². The van der Waals surface area contributed by atoms with Gasteiger partial charge in [0, 0.05) is 12.1 Å². The molecular weight excluding hydrogens is 367 g/mol. The van der Waals surface area contributed by atoms with Crippen molar-refractivity contribution in [3.05, 3.63) is 54.3 Å². The smallest absolute Gasteiger partial charge is 0.234 e. The molecule has 0 aliphatic heterocycles. The van der Waals surface area contributed by atoms with Crippen molar-refractivity contribution in [1.29, 1.82) is 0 Å². The van der Waals surface area contributed by atoms with Gasteiger partial charge in [-0.15, -0.1) is 10.2 Å². The number of rotatable bonds is 7. The van der Waals surface area contributed by atoms with Crippen molar-refractivity contribution in [2.75, 3.05) is 18.2 Å². The van der Waals surface area contributed by atoms with E-state index in [-0.39, 0.29) is 17.3 Å². The predicted molar refractivity (Wildman–Crippen MR) is 103 cm³/mol. The van der Waals surface area contributed by atoms with E-state index >= 15 is 0 Å². The van der Waals surface area contributed by atoms with Gasteiger partial charge in [0.25, 0.3) is 0 Å². The second kappa shape index (κ2) is 8.68. The lowest BCUT2D eigenvalue weighted by atomic mass is 10.2. The first-order chi connectivity index (χ1) is 13.1. The van der Waals surface area contributed by atoms with Gasteiger partial charge in [0.15, 0.2) is 11.0 Å². The molecule has 0 radical (unpaired) electrons. The third kappa shape index (κ3) is 4.46. The first-order valence-corrected chi connectivity index (χ1v) is 9.35. The Morgan fingerprint density at radius 3 is 2.59 bits per heavy atom. The maximum absolute atomic E-state index is 13.6. The van der Waals surface area contributed by atoms with E-state index in [0.29, 0.717) is 11.7 Å². The molecule has 0 atom stereocenters. The van der Waals surface area contributed by atoms with E-state index < -0.39 is 5.82 Å². The molecule has 0 aliphatic carbocycles. The summed E-state index contributed by atoms with van der Waals surface area (Å²) in [5.41, 5.74) is 1.08. The van der Waals surface area contributed by atoms with Crippen LogP contribution in [0.3, 0.4) is 0 Å². The highest BCUT2D eigenvalue weighted by molar-refractivity contribution is 7.99. The minimum absolute atomic E-state index is 0.106. The average molecular weight is 386 g/mol. The van der Waals surface area contributed by atoms with Crippen LogP contribution in [0.4, 0.5) is 10.1 Å². The molecule has 8 heteroatoms. The molecule has 0 unspecified atom stereocenters. The maximum atomic E-state index is 13.6. The fourth-order valence-corrected chi connectivity index (χ4v) is 3.32. The number of nitrogens with one attached hydrogen (secondary N) is 1. The summed E-state index contributed by atoms with van der Waals surface area (Å²) in [5.74, 6) is 0.823. The Labute approximate surface area is 160 Å². The van der Waals surface area contributed by atoms with Gasteiger partial charge in [-0.1, -0.05) is 23.9 Å². The number of ether oxygens (including phenoxy) is 1. The largest absolute Gasteiger partial charge is 0.497 e. The molecule has 1 heterocycles. The molecule has 1 amide bonds. The highest BCUT2D eigenvalue weighted by atomic mass is 32.2. The molecule has 0 bridgehead atoms. The summed E-state index contributed by atoms with van der Waals surface area (Å²) in [6.45, 7) is 2.64. The minimum atomic E-state index is -0.464. The van der Waals surface area contributed by atoms with E-state index in [4.69, 9.17) is 4.74 Å². The normalized spacial score (nSPS) is 10.6. The summed E-state index contributed by atoms with van der Waals surface area (Å²) in [7, 11) is 1.62. The number of halogens is 1. The van der Waals surface area contributed by atoms with Crippen molar-refractivity contribution in [2.24, 2.45) is 0 Å². The zero-order valence-corrected chi connectivity index (χ0v) is 15.8. The topological polar surface area (TPSA) is 69.0 Å². The Hall–Kier alpha value is -2.87. The number of carbonyl (C=O) groups is 1. The second-order valence-corrected chi connectivity index (χ2v) is 6.54. The Morgan fingerprint density at radius 2 is 1.93 bits per heavy atom. The molecular formula is C19H19FN4O2S. The number of thioether (sulfide) groups is 1. The number of para-hydroxylation sites is 1. The monoisotopic (exact) mass is 386 g/mol. The molecule has 27 heavy (non-hydrogen) atoms. The molecule has 1 aromatic heterocycles. The third-order valence-electron chi connectivity index (χ3n) is 3.86. The van der Waals surface area contributed by atoms with Crippen molar-refractivity contribution >= 4 is 23.4 Å². The average Bonchev–Trinajstić information content (AvgIpc) is 3.11. The van der Waals surface area contributed by atoms with Crippen LogP contribution >= 0.6 is 11.8 Å². The molecule has 3 rings (SSSR count). The third-order valence-corrected chi connectivity index (χ3v) is 4.83. The lowest BCUT2D eigenvalue weighted by Gasteiger charge is -2.08. The number of methoxy groups -OCH3 is 1. The Kier molecular flexibility index (Phi) is 6.08. The summed E-state index contributed by atoms with van der Waals surface area (Å²) in [4.78, 5) is 12.1. The fourth-order valence-electron chi connectivity index (χ4n) is 2.51. The molecule has 1 N–H and O–H groups in total. The summed E-state index contributed by atoms with van der Waals surface area (Å²) >= 11 is 1.26. The first-order valence-electron chi connectivity index (χ1n) is 8.37. The molecule has 0 saturated heterocycles. The lowest BCUT2D eigenvalue weighted by molar-refractivity contribution is -0.113. The van der Waals surface area contributed by atoms with Gasteiger partial charge in [0.2, 0.25) is 5.91 Å². The van der Waals surface area contributed by atoms with Crippen molar-refractivity contribution in [3.63, 3.8) is 0 Å². The number of carbonyl (C=O) groups excluding carboxylic acids is 1. The van der Waals surface area contributed by atoms with Gasteiger partial charge in [0.05, 0.1) is 18.6 Å². The molecule has 0 saturated carbocycles. The van der Waals surface area contributed by atoms with Crippen LogP contribution in [0, 0.1) is 5.82 Å². The molecule has 3 aromatic rings. The van der Waals surface area contributed by atoms with Crippen LogP contribution in [0.25, 0.3) is 11.4 Å². The minimum Gasteiger partial charge on any atom is -0.497 e. The highest BCUT2D eigenvalue weighted by Gasteiger charge is 2.15. The van der Waals surface area contributed by atoms with Crippen molar-refractivity contribution in [2.45, 2.75) is 18.6 Å². The van der Waals surface area contributed by atoms with Crippen LogP contribution < -0.4 is 10.1 Å². The molecule has 2 aromatic carbocycles. The fraction of sp³-hybridized carbons (Fsp3) is 0.211. The molecule has 0 spiro atoms. The van der Waals surface area contributed by atoms with Crippen LogP contribution in [-0.2, 0) is 11.3 Å². The quantitative estimate of drug-likeness (QED) is 0.625. The highest BCUT2D eigenvalue weighted by Crippen LogP contribution is 2.25. The SMILES string of the molecule is CCn1c(SCC(=O)Nc2ccccc2F)nnc1-c1ccc(OC)cc1. The van der Waals surface area contributed by atoms with E-state index in [2.05, 4.69) is 15.5 Å². The van der Waals surface area contributed by atoms with Crippen molar-refractivity contribution in [3.8, 4) is 17.1 Å². The molecule has 0 fully saturated rings. The van der Waals surface area contributed by atoms with Crippen LogP contribution in [0.5, 0.6) is 5.75 Å². The van der Waals surface area contributed by atoms with Crippen LogP contribution in [0.2, 0.25) is 0 Å². The predicted octanol–water partition coefficient (Wildman–Crippen LogP) is 3.84. The zero-order chi connectivity index (χ0) is 19.2. The van der Waals surface area contributed by atoms with E-state index in [1.165, 1.54) is 23.9 Å². The van der Waals surface area contributed by atoms with E-state index in [9.17, 15) is 9.18 Å². The maximum Gasteiger partial charge on any atom is 0.234 e. The zero-order valence-electron chi connectivity index (χ0n) is 15.0. The molecule has 0 aliphatic rings. The summed E-state index contributed by atoms with van der Waals surface area (Å²) < 4.78 is 20.7. The Balaban J connectivity index is 1.69. The second-order valence-electron chi connectivity index (χ2n) is 5.60. The summed E-state index contributed by atoms with van der Waals surface area (Å²) in [6, 6.07) is 13.6. The molecule has 140 valence electrons. The number of aromatic nitrogens is 3. The van der Waals surface area contributed by atoms with Gasteiger partial charge in [-0.2, -0.15) is 0 Å². The summed E-state index contributed by atoms with van der Waals surface area (Å²) in [6.07, 6.45) is 0. The van der Waals surface area contributed by atoms with Crippen molar-refractivity contribution < 1.29 is 13.9 Å². The number of benzene rings is 2. The van der Waals surface area contributed by atoms with Gasteiger partial charge in [-0.05, 0) is 43.3 Å². The van der Waals surface area contributed by atoms with Crippen LogP contribution in [-0.4, -0.2) is 33.5 Å². The summed E-state index contributed by atoms with van der Waals surface area (Å²) in [5, 5.41) is 11.6. The lowest BCUT2D eigenvalue weighted by Crippen LogP contribution is -2.15. The molecule has 6 nitrogen and oxygen atoms in total. The Morgan fingerprint density at radius 1 is 1.19 bits per heavy atom.